The zero-order valence-corrected chi connectivity index (χ0v) is 11.0. The largest absolute Gasteiger partial charge is 0.411 e. The normalized spacial score (nSPS) is 11.4. The van der Waals surface area contributed by atoms with Gasteiger partial charge >= 0.3 is 6.18 Å². The van der Waals surface area contributed by atoms with Crippen molar-refractivity contribution in [2.24, 2.45) is 0 Å². The van der Waals surface area contributed by atoms with Crippen molar-refractivity contribution in [1.82, 2.24) is 4.90 Å². The van der Waals surface area contributed by atoms with Gasteiger partial charge < -0.3 is 9.64 Å². The number of carbonyl (C=O) groups excluding carboxylic acids is 1. The zero-order chi connectivity index (χ0) is 14.5. The highest BCUT2D eigenvalue weighted by Crippen LogP contribution is 2.15. The highest BCUT2D eigenvalue weighted by Gasteiger charge is 2.28. The lowest BCUT2D eigenvalue weighted by Crippen LogP contribution is -2.31. The van der Waals surface area contributed by atoms with Crippen molar-refractivity contribution in [3.63, 3.8) is 0 Å². The molecule has 0 radical (unpaired) electrons. The van der Waals surface area contributed by atoms with Gasteiger partial charge in [-0.1, -0.05) is 23.7 Å². The van der Waals surface area contributed by atoms with E-state index < -0.39 is 25.3 Å². The maximum Gasteiger partial charge on any atom is 0.411 e. The Morgan fingerprint density at radius 3 is 2.68 bits per heavy atom. The summed E-state index contributed by atoms with van der Waals surface area (Å²) in [6.07, 6.45) is -4.42. The Morgan fingerprint density at radius 2 is 2.11 bits per heavy atom. The highest BCUT2D eigenvalue weighted by molar-refractivity contribution is 6.30. The molecule has 0 fully saturated rings. The van der Waals surface area contributed by atoms with Gasteiger partial charge in [0.05, 0.1) is 0 Å². The minimum atomic E-state index is -4.42. The standard InChI is InChI=1S/C12H13ClF3NO2/c1-17(6-9-3-2-4-10(13)5-9)11(18)7-19-8-12(14,15)16/h2-5H,6-8H2,1H3. The van der Waals surface area contributed by atoms with Crippen molar-refractivity contribution in [1.29, 1.82) is 0 Å². The van der Waals surface area contributed by atoms with Gasteiger partial charge in [0.15, 0.2) is 0 Å². The van der Waals surface area contributed by atoms with E-state index in [9.17, 15) is 18.0 Å². The van der Waals surface area contributed by atoms with E-state index in [4.69, 9.17) is 11.6 Å². The van der Waals surface area contributed by atoms with Gasteiger partial charge in [-0.25, -0.2) is 0 Å². The van der Waals surface area contributed by atoms with Gasteiger partial charge in [0, 0.05) is 18.6 Å². The number of hydrogen-bond donors (Lipinski definition) is 0. The summed E-state index contributed by atoms with van der Waals surface area (Å²) in [5.74, 6) is -0.524. The summed E-state index contributed by atoms with van der Waals surface area (Å²) >= 11 is 5.79. The predicted molar refractivity (Wildman–Crippen MR) is 64.8 cm³/mol. The van der Waals surface area contributed by atoms with Crippen LogP contribution < -0.4 is 0 Å². The van der Waals surface area contributed by atoms with Crippen LogP contribution in [0.25, 0.3) is 0 Å². The summed E-state index contributed by atoms with van der Waals surface area (Å²) in [6, 6.07) is 6.88. The number of likely N-dealkylation sites (N-methyl/N-ethyl adjacent to an activating group) is 1. The second kappa shape index (κ2) is 6.77. The predicted octanol–water partition coefficient (Wildman–Crippen LogP) is 2.88. The Hall–Kier alpha value is -1.27. The minimum Gasteiger partial charge on any atom is -0.362 e. The summed E-state index contributed by atoms with van der Waals surface area (Å²) < 4.78 is 39.8. The van der Waals surface area contributed by atoms with Crippen molar-refractivity contribution in [2.75, 3.05) is 20.3 Å². The molecule has 0 unspecified atom stereocenters. The highest BCUT2D eigenvalue weighted by atomic mass is 35.5. The van der Waals surface area contributed by atoms with Gasteiger partial charge in [-0.2, -0.15) is 13.2 Å². The lowest BCUT2D eigenvalue weighted by Gasteiger charge is -2.17. The number of benzene rings is 1. The number of rotatable bonds is 5. The average Bonchev–Trinajstić information content (AvgIpc) is 2.27. The molecule has 19 heavy (non-hydrogen) atoms. The van der Waals surface area contributed by atoms with Crippen LogP contribution in [0.3, 0.4) is 0 Å². The Morgan fingerprint density at radius 1 is 1.42 bits per heavy atom. The molecule has 1 aromatic rings. The number of hydrogen-bond acceptors (Lipinski definition) is 2. The quantitative estimate of drug-likeness (QED) is 0.836. The van der Waals surface area contributed by atoms with E-state index in [1.165, 1.54) is 11.9 Å². The van der Waals surface area contributed by atoms with Crippen LogP contribution in [0.2, 0.25) is 5.02 Å². The minimum absolute atomic E-state index is 0.259. The molecule has 0 aliphatic rings. The Kier molecular flexibility index (Phi) is 5.62. The van der Waals surface area contributed by atoms with Crippen LogP contribution >= 0.6 is 11.6 Å². The number of alkyl halides is 3. The van der Waals surface area contributed by atoms with Gasteiger partial charge in [-0.15, -0.1) is 0 Å². The van der Waals surface area contributed by atoms with Crippen LogP contribution in [0.1, 0.15) is 5.56 Å². The van der Waals surface area contributed by atoms with Crippen LogP contribution in [0.15, 0.2) is 24.3 Å². The molecular weight excluding hydrogens is 283 g/mol. The molecule has 3 nitrogen and oxygen atoms in total. The maximum atomic E-state index is 11.8. The van der Waals surface area contributed by atoms with E-state index in [1.54, 1.807) is 24.3 Å². The monoisotopic (exact) mass is 295 g/mol. The van der Waals surface area contributed by atoms with Crippen molar-refractivity contribution < 1.29 is 22.7 Å². The average molecular weight is 296 g/mol. The molecule has 1 aromatic carbocycles. The fourth-order valence-electron chi connectivity index (χ4n) is 1.36. The fraction of sp³-hybridized carbons (Fsp3) is 0.417. The lowest BCUT2D eigenvalue weighted by molar-refractivity contribution is -0.177. The number of carbonyl (C=O) groups is 1. The Bertz CT molecular complexity index is 437. The van der Waals surface area contributed by atoms with Crippen molar-refractivity contribution in [2.45, 2.75) is 12.7 Å². The molecule has 0 N–H and O–H groups in total. The van der Waals surface area contributed by atoms with Gasteiger partial charge in [0.25, 0.3) is 0 Å². The molecular formula is C12H13ClF3NO2. The molecule has 0 saturated heterocycles. The molecule has 0 aliphatic carbocycles. The third kappa shape index (κ3) is 6.45. The van der Waals surface area contributed by atoms with E-state index in [-0.39, 0.29) is 6.54 Å². The summed E-state index contributed by atoms with van der Waals surface area (Å²) in [5.41, 5.74) is 0.791. The Balaban J connectivity index is 2.41. The number of ether oxygens (including phenoxy) is 1. The van der Waals surface area contributed by atoms with E-state index >= 15 is 0 Å². The van der Waals surface area contributed by atoms with Gasteiger partial charge in [-0.3, -0.25) is 4.79 Å². The van der Waals surface area contributed by atoms with Crippen molar-refractivity contribution in [3.05, 3.63) is 34.9 Å². The van der Waals surface area contributed by atoms with E-state index in [0.29, 0.717) is 5.02 Å². The van der Waals surface area contributed by atoms with E-state index in [2.05, 4.69) is 4.74 Å². The van der Waals surface area contributed by atoms with Crippen LogP contribution in [-0.4, -0.2) is 37.2 Å². The molecule has 0 spiro atoms. The van der Waals surface area contributed by atoms with E-state index in [1.807, 2.05) is 0 Å². The van der Waals surface area contributed by atoms with Crippen LogP contribution in [0.4, 0.5) is 13.2 Å². The first-order chi connectivity index (χ1) is 8.78. The summed E-state index contributed by atoms with van der Waals surface area (Å²) in [5, 5.41) is 0.534. The van der Waals surface area contributed by atoms with Gasteiger partial charge in [-0.05, 0) is 17.7 Å². The third-order valence-corrected chi connectivity index (χ3v) is 2.46. The SMILES string of the molecule is CN(Cc1cccc(Cl)c1)C(=O)COCC(F)(F)F. The molecule has 0 aliphatic heterocycles. The van der Waals surface area contributed by atoms with Crippen LogP contribution in [0, 0.1) is 0 Å². The maximum absolute atomic E-state index is 11.8. The van der Waals surface area contributed by atoms with Gasteiger partial charge in [0.2, 0.25) is 5.91 Å². The second-order valence-electron chi connectivity index (χ2n) is 3.99. The number of amides is 1. The lowest BCUT2D eigenvalue weighted by atomic mass is 10.2. The molecule has 106 valence electrons. The number of halogens is 4. The van der Waals surface area contributed by atoms with E-state index in [0.717, 1.165) is 5.56 Å². The molecule has 7 heteroatoms. The first-order valence-corrected chi connectivity index (χ1v) is 5.78. The van der Waals surface area contributed by atoms with Crippen LogP contribution in [-0.2, 0) is 16.1 Å². The molecule has 1 rings (SSSR count). The first kappa shape index (κ1) is 15.8. The first-order valence-electron chi connectivity index (χ1n) is 5.41. The summed E-state index contributed by atoms with van der Waals surface area (Å²) in [4.78, 5) is 12.8. The molecule has 0 atom stereocenters. The van der Waals surface area contributed by atoms with Crippen molar-refractivity contribution in [3.8, 4) is 0 Å². The number of nitrogens with zero attached hydrogens (tertiary/aromatic N) is 1. The third-order valence-electron chi connectivity index (χ3n) is 2.23. The Labute approximate surface area is 113 Å². The summed E-state index contributed by atoms with van der Waals surface area (Å²) in [6.45, 7) is -1.77. The zero-order valence-electron chi connectivity index (χ0n) is 10.2. The topological polar surface area (TPSA) is 29.5 Å². The van der Waals surface area contributed by atoms with Crippen molar-refractivity contribution >= 4 is 17.5 Å². The smallest absolute Gasteiger partial charge is 0.362 e. The fourth-order valence-corrected chi connectivity index (χ4v) is 1.57. The summed E-state index contributed by atoms with van der Waals surface area (Å²) in [7, 11) is 1.49. The molecule has 0 saturated carbocycles. The molecule has 0 heterocycles. The van der Waals surface area contributed by atoms with Crippen LogP contribution in [0.5, 0.6) is 0 Å². The molecule has 1 amide bonds. The molecule has 0 aromatic heterocycles. The molecule has 0 bridgehead atoms. The second-order valence-corrected chi connectivity index (χ2v) is 4.42. The van der Waals surface area contributed by atoms with Gasteiger partial charge in [0.1, 0.15) is 13.2 Å².